The van der Waals surface area contributed by atoms with E-state index in [2.05, 4.69) is 2.52 Å². The molecule has 1 aromatic carbocycles. The molecule has 2 radical (unpaired) electrons. The van der Waals surface area contributed by atoms with Gasteiger partial charge in [-0.1, -0.05) is 0 Å². The van der Waals surface area contributed by atoms with Crippen molar-refractivity contribution in [2.75, 3.05) is 0 Å². The third-order valence-corrected chi connectivity index (χ3v) is 4.43. The summed E-state index contributed by atoms with van der Waals surface area (Å²) in [5.41, 5.74) is 0. The van der Waals surface area contributed by atoms with Crippen molar-refractivity contribution in [2.45, 2.75) is 4.90 Å². The number of rotatable bonds is 2. The molecule has 0 saturated heterocycles. The van der Waals surface area contributed by atoms with Crippen LogP contribution < -0.4 is 0 Å². The first-order chi connectivity index (χ1) is 5.17. The van der Waals surface area contributed by atoms with Crippen LogP contribution in [0.25, 0.3) is 0 Å². The Kier molecular flexibility index (Phi) is 2.91. The van der Waals surface area contributed by atoms with E-state index in [4.69, 9.17) is 0 Å². The van der Waals surface area contributed by atoms with Gasteiger partial charge >= 0.3 is 79.2 Å². The van der Waals surface area contributed by atoms with E-state index < -0.39 is 10.1 Å². The summed E-state index contributed by atoms with van der Waals surface area (Å²) in [6.45, 7) is 0. The van der Waals surface area contributed by atoms with Crippen molar-refractivity contribution in [2.24, 2.45) is 0 Å². The normalized spacial score (nSPS) is 11.4. The summed E-state index contributed by atoms with van der Waals surface area (Å²) in [4.78, 5) is 0.215. The number of hydrogen-bond donors (Lipinski definition) is 0. The van der Waals surface area contributed by atoms with Crippen molar-refractivity contribution in [3.8, 4) is 0 Å². The average molecular weight is 277 g/mol. The van der Waals surface area contributed by atoms with Gasteiger partial charge in [-0.15, -0.1) is 0 Å². The second kappa shape index (κ2) is 3.55. The predicted molar refractivity (Wildman–Crippen MR) is 41.9 cm³/mol. The van der Waals surface area contributed by atoms with Gasteiger partial charge in [-0.3, -0.25) is 0 Å². The fourth-order valence-corrected chi connectivity index (χ4v) is 2.20. The minimum atomic E-state index is -3.44. The molecule has 0 amide bonds. The van der Waals surface area contributed by atoms with Crippen LogP contribution in [-0.2, 0) is 12.6 Å². The maximum atomic E-state index is 11.0. The van der Waals surface area contributed by atoms with Crippen LogP contribution in [0.5, 0.6) is 0 Å². The first-order valence-electron chi connectivity index (χ1n) is 2.85. The molecule has 0 heterocycles. The summed E-state index contributed by atoms with van der Waals surface area (Å²) < 4.78 is 26.4. The molecule has 0 aliphatic carbocycles. The van der Waals surface area contributed by atoms with Crippen LogP contribution in [0, 0.1) is 0 Å². The van der Waals surface area contributed by atoms with Crippen LogP contribution in [-0.4, -0.2) is 31.4 Å². The molecule has 1 rings (SSSR count). The zero-order valence-electron chi connectivity index (χ0n) is 5.60. The molecule has 0 saturated carbocycles. The maximum absolute atomic E-state index is 11.0. The Labute approximate surface area is 79.1 Å². The Morgan fingerprint density at radius 2 is 1.73 bits per heavy atom. The molecule has 0 bridgehead atoms. The van der Waals surface area contributed by atoms with Crippen molar-refractivity contribution < 1.29 is 10.9 Å². The van der Waals surface area contributed by atoms with Gasteiger partial charge in [0.2, 0.25) is 0 Å². The molecule has 0 aliphatic heterocycles. The third-order valence-electron chi connectivity index (χ3n) is 1.16. The van der Waals surface area contributed by atoms with Crippen LogP contribution in [0.4, 0.5) is 0 Å². The molecule has 11 heavy (non-hydrogen) atoms. The van der Waals surface area contributed by atoms with Gasteiger partial charge in [0, 0.05) is 0 Å². The standard InChI is InChI=1S/C6H6O3S.Sn.H/c7-10(8,9)6-4-2-1-3-5-6;;/h1-5H,(H,7,8,9);;/q;+1;/p-1. The number of benzene rings is 1. The van der Waals surface area contributed by atoms with Gasteiger partial charge in [-0.05, 0) is 0 Å². The zero-order chi connectivity index (χ0) is 8.32. The van der Waals surface area contributed by atoms with Crippen LogP contribution >= 0.6 is 0 Å². The van der Waals surface area contributed by atoms with Crippen LogP contribution in [0.15, 0.2) is 35.2 Å². The van der Waals surface area contributed by atoms with E-state index in [0.29, 0.717) is 0 Å². The SMILES string of the molecule is O=S(=O)([O][SnH])c1ccccc1. The molecule has 0 aliphatic rings. The molecule has 0 fully saturated rings. The summed E-state index contributed by atoms with van der Waals surface area (Å²) in [7, 11) is -3.44. The summed E-state index contributed by atoms with van der Waals surface area (Å²) in [5.74, 6) is 0. The van der Waals surface area contributed by atoms with Gasteiger partial charge in [-0.25, -0.2) is 0 Å². The zero-order valence-corrected chi connectivity index (χ0v) is 9.71. The van der Waals surface area contributed by atoms with Crippen molar-refractivity contribution >= 4 is 33.1 Å². The molecule has 0 atom stereocenters. The Balaban J connectivity index is 3.14. The fraction of sp³-hybridized carbons (Fsp3) is 0. The van der Waals surface area contributed by atoms with Gasteiger partial charge in [-0.2, -0.15) is 0 Å². The van der Waals surface area contributed by atoms with Crippen LogP contribution in [0.2, 0.25) is 0 Å². The van der Waals surface area contributed by atoms with E-state index in [9.17, 15) is 8.42 Å². The number of hydrogen-bond acceptors (Lipinski definition) is 3. The van der Waals surface area contributed by atoms with Gasteiger partial charge < -0.3 is 0 Å². The quantitative estimate of drug-likeness (QED) is 0.726. The van der Waals surface area contributed by atoms with E-state index in [1.165, 1.54) is 12.1 Å². The molecule has 5 heteroatoms. The molecule has 0 unspecified atom stereocenters. The molecular formula is C6H6O3SSn. The van der Waals surface area contributed by atoms with Gasteiger partial charge in [0.1, 0.15) is 0 Å². The van der Waals surface area contributed by atoms with Gasteiger partial charge in [0.05, 0.1) is 0 Å². The predicted octanol–water partition coefficient (Wildman–Crippen LogP) is 0.208. The first-order valence-corrected chi connectivity index (χ1v) is 5.60. The van der Waals surface area contributed by atoms with Crippen molar-refractivity contribution in [3.63, 3.8) is 0 Å². The van der Waals surface area contributed by atoms with Crippen molar-refractivity contribution in [1.29, 1.82) is 0 Å². The van der Waals surface area contributed by atoms with Crippen molar-refractivity contribution in [3.05, 3.63) is 30.3 Å². The van der Waals surface area contributed by atoms with Crippen molar-refractivity contribution in [1.82, 2.24) is 0 Å². The summed E-state index contributed by atoms with van der Waals surface area (Å²) in [5, 5.41) is 0. The van der Waals surface area contributed by atoms with E-state index in [1.54, 1.807) is 18.2 Å². The molecule has 58 valence electrons. The summed E-state index contributed by atoms with van der Waals surface area (Å²) in [6, 6.07) is 8.09. The molecule has 1 aromatic rings. The van der Waals surface area contributed by atoms with Gasteiger partial charge in [0.15, 0.2) is 0 Å². The molecule has 0 spiro atoms. The fourth-order valence-electron chi connectivity index (χ4n) is 0.643. The Morgan fingerprint density at radius 3 is 2.18 bits per heavy atom. The molecule has 3 nitrogen and oxygen atoms in total. The second-order valence-corrected chi connectivity index (χ2v) is 5.08. The second-order valence-electron chi connectivity index (χ2n) is 1.86. The van der Waals surface area contributed by atoms with E-state index in [-0.39, 0.29) is 27.8 Å². The molecule has 0 aromatic heterocycles. The topological polar surface area (TPSA) is 43.4 Å². The summed E-state index contributed by atoms with van der Waals surface area (Å²) >= 11 is 0.255. The Morgan fingerprint density at radius 1 is 1.18 bits per heavy atom. The first kappa shape index (κ1) is 9.02. The van der Waals surface area contributed by atoms with E-state index in [1.807, 2.05) is 0 Å². The minimum absolute atomic E-state index is 0.215. The van der Waals surface area contributed by atoms with Crippen LogP contribution in [0.1, 0.15) is 0 Å². The van der Waals surface area contributed by atoms with Crippen LogP contribution in [0.3, 0.4) is 0 Å². The van der Waals surface area contributed by atoms with E-state index >= 15 is 0 Å². The third kappa shape index (κ3) is 2.18. The molecular weight excluding hydrogens is 271 g/mol. The Bertz CT molecular complexity index is 319. The summed E-state index contributed by atoms with van der Waals surface area (Å²) in [6.07, 6.45) is 0. The van der Waals surface area contributed by atoms with Gasteiger partial charge in [0.25, 0.3) is 0 Å². The average Bonchev–Trinajstić information content (AvgIpc) is 2.06. The molecule has 0 N–H and O–H groups in total. The monoisotopic (exact) mass is 278 g/mol. The Hall–Kier alpha value is -0.0713. The van der Waals surface area contributed by atoms with E-state index in [0.717, 1.165) is 0 Å².